The molecule has 0 unspecified atom stereocenters. The normalized spacial score (nSPS) is 15.7. The van der Waals surface area contributed by atoms with Gasteiger partial charge in [-0.25, -0.2) is 4.79 Å². The fourth-order valence-electron chi connectivity index (χ4n) is 1.67. The van der Waals surface area contributed by atoms with E-state index in [2.05, 4.69) is 10.6 Å². The number of carbonyl (C=O) groups is 4. The Balaban J connectivity index is 5.00. The first-order chi connectivity index (χ1) is 11.1. The Bertz CT molecular complexity index is 473. The number of nitrogens with one attached hydrogen (secondary N) is 2. The van der Waals surface area contributed by atoms with Crippen LogP contribution >= 0.6 is 11.8 Å². The van der Waals surface area contributed by atoms with E-state index < -0.39 is 54.3 Å². The predicted octanol–water partition coefficient (Wildman–Crippen LogP) is -2.62. The average Bonchev–Trinajstić information content (AvgIpc) is 2.48. The molecule has 24 heavy (non-hydrogen) atoms. The van der Waals surface area contributed by atoms with E-state index in [-0.39, 0.29) is 6.42 Å². The zero-order valence-electron chi connectivity index (χ0n) is 13.5. The molecule has 0 saturated carbocycles. The number of aliphatic hydroxyl groups excluding tert-OH is 1. The maximum absolute atomic E-state index is 12.2. The number of primary amides is 1. The van der Waals surface area contributed by atoms with E-state index in [4.69, 9.17) is 16.6 Å². The van der Waals surface area contributed by atoms with Crippen molar-refractivity contribution in [2.75, 3.05) is 12.0 Å². The summed E-state index contributed by atoms with van der Waals surface area (Å²) in [5.74, 6) is -3.31. The summed E-state index contributed by atoms with van der Waals surface area (Å²) < 4.78 is 0. The van der Waals surface area contributed by atoms with Crippen molar-refractivity contribution in [3.63, 3.8) is 0 Å². The van der Waals surface area contributed by atoms with E-state index in [0.29, 0.717) is 5.75 Å². The van der Waals surface area contributed by atoms with Gasteiger partial charge in [0.2, 0.25) is 17.7 Å². The van der Waals surface area contributed by atoms with Gasteiger partial charge in [0.15, 0.2) is 0 Å². The van der Waals surface area contributed by atoms with Crippen molar-refractivity contribution < 1.29 is 29.4 Å². The summed E-state index contributed by atoms with van der Waals surface area (Å²) in [6.07, 6.45) is 0.327. The molecule has 0 fully saturated rings. The van der Waals surface area contributed by atoms with Crippen molar-refractivity contribution in [3.05, 3.63) is 0 Å². The molecule has 0 spiro atoms. The fourth-order valence-corrected chi connectivity index (χ4v) is 2.14. The molecule has 0 radical (unpaired) electrons. The second-order valence-electron chi connectivity index (χ2n) is 5.18. The monoisotopic (exact) mass is 364 g/mol. The lowest BCUT2D eigenvalue weighted by atomic mass is 10.1. The topological polar surface area (TPSA) is 185 Å². The molecule has 0 saturated heterocycles. The first-order valence-corrected chi connectivity index (χ1v) is 8.54. The van der Waals surface area contributed by atoms with Crippen molar-refractivity contribution in [1.82, 2.24) is 10.6 Å². The number of aliphatic carboxylic acids is 1. The number of hydrogen-bond acceptors (Lipinski definition) is 7. The van der Waals surface area contributed by atoms with Crippen molar-refractivity contribution in [2.45, 2.75) is 44.0 Å². The first-order valence-electron chi connectivity index (χ1n) is 7.14. The van der Waals surface area contributed by atoms with Gasteiger partial charge >= 0.3 is 5.97 Å². The molecule has 0 heterocycles. The second kappa shape index (κ2) is 10.8. The number of hydrogen-bond donors (Lipinski definition) is 6. The largest absolute Gasteiger partial charge is 0.480 e. The van der Waals surface area contributed by atoms with Gasteiger partial charge in [0, 0.05) is 0 Å². The van der Waals surface area contributed by atoms with Crippen LogP contribution in [-0.2, 0) is 19.2 Å². The minimum atomic E-state index is -1.49. The standard InChI is InChI=1S/C13H24N4O6S/c1-6(18)10(15)12(21)16-7(3-4-24-2)11(20)17-8(13(22)23)5-9(14)19/h6-8,10,18H,3-5,15H2,1-2H3,(H2,14,19)(H,16,21)(H,17,20)(H,22,23)/t6-,7+,8+,10+/m1/s1. The number of amides is 3. The summed E-state index contributed by atoms with van der Waals surface area (Å²) in [7, 11) is 0. The number of carboxylic acid groups (broad SMARTS) is 1. The molecule has 0 aliphatic heterocycles. The van der Waals surface area contributed by atoms with Gasteiger partial charge < -0.3 is 32.3 Å². The van der Waals surface area contributed by atoms with Gasteiger partial charge in [-0.15, -0.1) is 0 Å². The number of carboxylic acids is 1. The third kappa shape index (κ3) is 8.13. The van der Waals surface area contributed by atoms with Gasteiger partial charge in [-0.05, 0) is 25.4 Å². The van der Waals surface area contributed by atoms with Crippen LogP contribution < -0.4 is 22.1 Å². The lowest BCUT2D eigenvalue weighted by Crippen LogP contribution is -2.56. The van der Waals surface area contributed by atoms with Crippen LogP contribution in [0.3, 0.4) is 0 Å². The highest BCUT2D eigenvalue weighted by atomic mass is 32.2. The summed E-state index contributed by atoms with van der Waals surface area (Å²) in [4.78, 5) is 46.0. The first kappa shape index (κ1) is 22.1. The van der Waals surface area contributed by atoms with Crippen LogP contribution in [0.2, 0.25) is 0 Å². The molecule has 0 rings (SSSR count). The van der Waals surface area contributed by atoms with E-state index >= 15 is 0 Å². The van der Waals surface area contributed by atoms with E-state index in [1.165, 1.54) is 18.7 Å². The van der Waals surface area contributed by atoms with Crippen LogP contribution in [0.15, 0.2) is 0 Å². The molecule has 0 aliphatic rings. The van der Waals surface area contributed by atoms with Crippen LogP contribution in [0.25, 0.3) is 0 Å². The molecule has 0 aromatic heterocycles. The third-order valence-corrected chi connectivity index (χ3v) is 3.73. The van der Waals surface area contributed by atoms with Gasteiger partial charge in [0.25, 0.3) is 0 Å². The van der Waals surface area contributed by atoms with E-state index in [1.807, 2.05) is 0 Å². The summed E-state index contributed by atoms with van der Waals surface area (Å²) in [5, 5.41) is 22.9. The number of aliphatic hydroxyl groups is 1. The molecule has 10 nitrogen and oxygen atoms in total. The minimum absolute atomic E-state index is 0.216. The smallest absolute Gasteiger partial charge is 0.326 e. The zero-order chi connectivity index (χ0) is 18.9. The Morgan fingerprint density at radius 2 is 1.67 bits per heavy atom. The maximum Gasteiger partial charge on any atom is 0.326 e. The van der Waals surface area contributed by atoms with Gasteiger partial charge in [-0.1, -0.05) is 0 Å². The maximum atomic E-state index is 12.2. The summed E-state index contributed by atoms with van der Waals surface area (Å²) in [5.41, 5.74) is 10.4. The predicted molar refractivity (Wildman–Crippen MR) is 88.0 cm³/mol. The molecule has 0 aromatic carbocycles. The molecule has 11 heteroatoms. The minimum Gasteiger partial charge on any atom is -0.480 e. The molecule has 3 amide bonds. The van der Waals surface area contributed by atoms with Gasteiger partial charge in [-0.2, -0.15) is 11.8 Å². The third-order valence-electron chi connectivity index (χ3n) is 3.09. The highest BCUT2D eigenvalue weighted by Gasteiger charge is 2.29. The number of carbonyl (C=O) groups excluding carboxylic acids is 3. The average molecular weight is 364 g/mol. The number of nitrogens with two attached hydrogens (primary N) is 2. The molecule has 8 N–H and O–H groups in total. The summed E-state index contributed by atoms with van der Waals surface area (Å²) >= 11 is 1.42. The number of thioether (sulfide) groups is 1. The van der Waals surface area contributed by atoms with E-state index in [1.54, 1.807) is 6.26 Å². The van der Waals surface area contributed by atoms with E-state index in [0.717, 1.165) is 0 Å². The molecule has 0 bridgehead atoms. The lowest BCUT2D eigenvalue weighted by Gasteiger charge is -2.23. The van der Waals surface area contributed by atoms with E-state index in [9.17, 15) is 24.3 Å². The Morgan fingerprint density at radius 3 is 2.08 bits per heavy atom. The highest BCUT2D eigenvalue weighted by molar-refractivity contribution is 7.98. The zero-order valence-corrected chi connectivity index (χ0v) is 14.3. The Hall–Kier alpha value is -1.85. The quantitative estimate of drug-likeness (QED) is 0.230. The van der Waals surface area contributed by atoms with Gasteiger partial charge in [0.05, 0.1) is 12.5 Å². The molecule has 138 valence electrons. The molecular formula is C13H24N4O6S. The lowest BCUT2D eigenvalue weighted by molar-refractivity contribution is -0.143. The molecular weight excluding hydrogens is 340 g/mol. The Labute approximate surface area is 143 Å². The summed E-state index contributed by atoms with van der Waals surface area (Å²) in [6.45, 7) is 1.33. The van der Waals surface area contributed by atoms with Crippen LogP contribution in [-0.4, -0.2) is 70.1 Å². The van der Waals surface area contributed by atoms with Crippen molar-refractivity contribution >= 4 is 35.5 Å². The van der Waals surface area contributed by atoms with Crippen LogP contribution in [0.4, 0.5) is 0 Å². The Morgan fingerprint density at radius 1 is 1.12 bits per heavy atom. The van der Waals surface area contributed by atoms with Gasteiger partial charge in [-0.3, -0.25) is 14.4 Å². The Kier molecular flexibility index (Phi) is 10.0. The van der Waals surface area contributed by atoms with Crippen LogP contribution in [0.5, 0.6) is 0 Å². The van der Waals surface area contributed by atoms with Crippen molar-refractivity contribution in [2.24, 2.45) is 11.5 Å². The molecule has 4 atom stereocenters. The number of rotatable bonds is 11. The van der Waals surface area contributed by atoms with Gasteiger partial charge in [0.1, 0.15) is 18.1 Å². The highest BCUT2D eigenvalue weighted by Crippen LogP contribution is 2.04. The summed E-state index contributed by atoms with van der Waals surface area (Å²) in [6, 6.07) is -3.77. The SMILES string of the molecule is CSCC[C@H](NC(=O)[C@@H](N)[C@@H](C)O)C(=O)N[C@@H](CC(N)=O)C(=O)O. The van der Waals surface area contributed by atoms with Crippen molar-refractivity contribution in [3.8, 4) is 0 Å². The fraction of sp³-hybridized carbons (Fsp3) is 0.692. The molecule has 0 aromatic rings. The molecule has 0 aliphatic carbocycles. The van der Waals surface area contributed by atoms with Crippen LogP contribution in [0, 0.1) is 0 Å². The second-order valence-corrected chi connectivity index (χ2v) is 6.16. The van der Waals surface area contributed by atoms with Crippen molar-refractivity contribution in [1.29, 1.82) is 0 Å². The van der Waals surface area contributed by atoms with Crippen LogP contribution in [0.1, 0.15) is 19.8 Å².